The average molecular weight is 436 g/mol. The lowest BCUT2D eigenvalue weighted by Crippen LogP contribution is -2.17. The molecule has 0 fully saturated rings. The van der Waals surface area contributed by atoms with Crippen LogP contribution in [0.15, 0.2) is 103 Å². The van der Waals surface area contributed by atoms with Crippen LogP contribution in [-0.2, 0) is 4.79 Å². The molecule has 0 saturated heterocycles. The van der Waals surface area contributed by atoms with Crippen molar-refractivity contribution < 1.29 is 9.53 Å². The summed E-state index contributed by atoms with van der Waals surface area (Å²) in [6, 6.07) is 35.1. The van der Waals surface area contributed by atoms with Crippen molar-refractivity contribution >= 4 is 23.0 Å². The zero-order chi connectivity index (χ0) is 23.2. The van der Waals surface area contributed by atoms with E-state index in [1.807, 2.05) is 44.2 Å². The number of anilines is 3. The number of rotatable bonds is 7. The van der Waals surface area contributed by atoms with Crippen LogP contribution >= 0.6 is 0 Å². The highest BCUT2D eigenvalue weighted by atomic mass is 16.5. The summed E-state index contributed by atoms with van der Waals surface area (Å²) in [7, 11) is 0. The molecule has 0 aliphatic rings. The highest BCUT2D eigenvalue weighted by molar-refractivity contribution is 5.79. The normalized spacial score (nSPS) is 11.6. The molecule has 0 N–H and O–H groups in total. The molecule has 0 heterocycles. The summed E-state index contributed by atoms with van der Waals surface area (Å²) in [6.07, 6.45) is 0.761. The molecule has 0 aliphatic heterocycles. The number of hydrogen-bond acceptors (Lipinski definition) is 3. The van der Waals surface area contributed by atoms with Crippen molar-refractivity contribution in [2.45, 2.75) is 27.2 Å². The molecule has 4 aromatic rings. The van der Waals surface area contributed by atoms with Gasteiger partial charge in [-0.1, -0.05) is 74.0 Å². The number of ether oxygens (including phenoxy) is 1. The van der Waals surface area contributed by atoms with Crippen LogP contribution in [0.4, 0.5) is 17.1 Å². The molecule has 3 nitrogen and oxygen atoms in total. The second-order valence-electron chi connectivity index (χ2n) is 8.31. The molecule has 1 atom stereocenters. The number of carbonyl (C=O) groups is 1. The summed E-state index contributed by atoms with van der Waals surface area (Å²) < 4.78 is 5.54. The minimum Gasteiger partial charge on any atom is -0.426 e. The van der Waals surface area contributed by atoms with Gasteiger partial charge in [0.05, 0.1) is 5.92 Å². The quantitative estimate of drug-likeness (QED) is 0.217. The van der Waals surface area contributed by atoms with Gasteiger partial charge in [0.25, 0.3) is 0 Å². The zero-order valence-electron chi connectivity index (χ0n) is 19.4. The van der Waals surface area contributed by atoms with E-state index in [1.54, 1.807) is 0 Å². The van der Waals surface area contributed by atoms with E-state index < -0.39 is 0 Å². The van der Waals surface area contributed by atoms with E-state index in [1.165, 1.54) is 16.7 Å². The van der Waals surface area contributed by atoms with Crippen molar-refractivity contribution in [3.63, 3.8) is 0 Å². The van der Waals surface area contributed by atoms with Crippen LogP contribution in [0.5, 0.6) is 5.75 Å². The van der Waals surface area contributed by atoms with Crippen LogP contribution in [0, 0.1) is 12.8 Å². The van der Waals surface area contributed by atoms with E-state index in [4.69, 9.17) is 4.74 Å². The van der Waals surface area contributed by atoms with Crippen LogP contribution in [0.3, 0.4) is 0 Å². The van der Waals surface area contributed by atoms with Crippen molar-refractivity contribution in [3.05, 3.63) is 109 Å². The Hall–Kier alpha value is -3.85. The SMILES string of the molecule is CCC(C)C(=O)Oc1ccc(N(c2ccc(C)cc2)c2ccc(-c3ccccc3)cc2)cc1. The summed E-state index contributed by atoms with van der Waals surface area (Å²) in [4.78, 5) is 14.4. The molecule has 0 saturated carbocycles. The second-order valence-corrected chi connectivity index (χ2v) is 8.31. The molecule has 4 aromatic carbocycles. The third-order valence-corrected chi connectivity index (χ3v) is 5.85. The molecule has 0 spiro atoms. The zero-order valence-corrected chi connectivity index (χ0v) is 19.4. The maximum absolute atomic E-state index is 12.2. The molecular formula is C30H29NO2. The highest BCUT2D eigenvalue weighted by Crippen LogP contribution is 2.36. The van der Waals surface area contributed by atoms with Crippen LogP contribution in [0.1, 0.15) is 25.8 Å². The maximum atomic E-state index is 12.2. The van der Waals surface area contributed by atoms with Crippen molar-refractivity contribution in [1.29, 1.82) is 0 Å². The molecule has 0 bridgehead atoms. The molecule has 0 amide bonds. The Morgan fingerprint density at radius 1 is 0.727 bits per heavy atom. The summed E-state index contributed by atoms with van der Waals surface area (Å²) >= 11 is 0. The van der Waals surface area contributed by atoms with Gasteiger partial charge in [0, 0.05) is 17.1 Å². The van der Waals surface area contributed by atoms with Crippen molar-refractivity contribution in [1.82, 2.24) is 0 Å². The molecule has 0 aliphatic carbocycles. The van der Waals surface area contributed by atoms with E-state index in [9.17, 15) is 4.79 Å². The molecular weight excluding hydrogens is 406 g/mol. The standard InChI is InChI=1S/C30H29NO2/c1-4-23(3)30(32)33-29-20-18-28(19-21-29)31(26-14-10-22(2)11-15-26)27-16-12-25(13-17-27)24-8-6-5-7-9-24/h5-21,23H,4H2,1-3H3. The Balaban J connectivity index is 1.66. The largest absolute Gasteiger partial charge is 0.426 e. The fourth-order valence-electron chi connectivity index (χ4n) is 3.62. The number of aryl methyl sites for hydroxylation is 1. The number of esters is 1. The Kier molecular flexibility index (Phi) is 6.89. The Morgan fingerprint density at radius 3 is 1.76 bits per heavy atom. The van der Waals surface area contributed by atoms with Crippen LogP contribution in [0.25, 0.3) is 11.1 Å². The molecule has 4 rings (SSSR count). The van der Waals surface area contributed by atoms with Crippen LogP contribution in [-0.4, -0.2) is 5.97 Å². The van der Waals surface area contributed by atoms with E-state index >= 15 is 0 Å². The number of hydrogen-bond donors (Lipinski definition) is 0. The first-order chi connectivity index (χ1) is 16.0. The lowest BCUT2D eigenvalue weighted by molar-refractivity contribution is -0.138. The topological polar surface area (TPSA) is 29.5 Å². The Labute approximate surface area is 196 Å². The van der Waals surface area contributed by atoms with Crippen LogP contribution in [0.2, 0.25) is 0 Å². The van der Waals surface area contributed by atoms with Gasteiger partial charge in [-0.25, -0.2) is 0 Å². The molecule has 33 heavy (non-hydrogen) atoms. The summed E-state index contributed by atoms with van der Waals surface area (Å²) in [5.74, 6) is 0.251. The van der Waals surface area contributed by atoms with Crippen molar-refractivity contribution in [2.75, 3.05) is 4.90 Å². The fourth-order valence-corrected chi connectivity index (χ4v) is 3.62. The molecule has 3 heteroatoms. The van der Waals surface area contributed by atoms with Gasteiger partial charge in [-0.15, -0.1) is 0 Å². The average Bonchev–Trinajstić information content (AvgIpc) is 2.87. The fraction of sp³-hybridized carbons (Fsp3) is 0.167. The Morgan fingerprint density at radius 2 is 1.21 bits per heavy atom. The third-order valence-electron chi connectivity index (χ3n) is 5.85. The van der Waals surface area contributed by atoms with Gasteiger partial charge in [0.15, 0.2) is 0 Å². The maximum Gasteiger partial charge on any atom is 0.314 e. The highest BCUT2D eigenvalue weighted by Gasteiger charge is 2.15. The van der Waals surface area contributed by atoms with Gasteiger partial charge in [0.2, 0.25) is 0 Å². The minimum absolute atomic E-state index is 0.114. The minimum atomic E-state index is -0.197. The van der Waals surface area contributed by atoms with E-state index in [-0.39, 0.29) is 11.9 Å². The van der Waals surface area contributed by atoms with Gasteiger partial charge in [0.1, 0.15) is 5.75 Å². The Bertz CT molecular complexity index is 1180. The van der Waals surface area contributed by atoms with E-state index in [2.05, 4.69) is 84.6 Å². The molecule has 1 unspecified atom stereocenters. The molecule has 0 radical (unpaired) electrons. The van der Waals surface area contributed by atoms with Gasteiger partial charge >= 0.3 is 5.97 Å². The first kappa shape index (κ1) is 22.3. The predicted molar refractivity (Wildman–Crippen MR) is 136 cm³/mol. The summed E-state index contributed by atoms with van der Waals surface area (Å²) in [5.41, 5.74) is 6.70. The molecule has 166 valence electrons. The number of nitrogens with zero attached hydrogens (tertiary/aromatic N) is 1. The lowest BCUT2D eigenvalue weighted by atomic mass is 10.0. The number of benzene rings is 4. The van der Waals surface area contributed by atoms with Gasteiger partial charge in [-0.05, 0) is 73.0 Å². The molecule has 0 aromatic heterocycles. The lowest BCUT2D eigenvalue weighted by Gasteiger charge is -2.26. The van der Waals surface area contributed by atoms with Gasteiger partial charge in [-0.3, -0.25) is 4.79 Å². The van der Waals surface area contributed by atoms with Gasteiger partial charge < -0.3 is 9.64 Å². The second kappa shape index (κ2) is 10.2. The van der Waals surface area contributed by atoms with Crippen LogP contribution < -0.4 is 9.64 Å². The third kappa shape index (κ3) is 5.32. The van der Waals surface area contributed by atoms with E-state index in [0.29, 0.717) is 5.75 Å². The summed E-state index contributed by atoms with van der Waals surface area (Å²) in [6.45, 7) is 5.95. The van der Waals surface area contributed by atoms with Gasteiger partial charge in [-0.2, -0.15) is 0 Å². The monoisotopic (exact) mass is 435 g/mol. The first-order valence-corrected chi connectivity index (χ1v) is 11.4. The van der Waals surface area contributed by atoms with Crippen molar-refractivity contribution in [3.8, 4) is 16.9 Å². The number of carbonyl (C=O) groups excluding carboxylic acids is 1. The van der Waals surface area contributed by atoms with Crippen molar-refractivity contribution in [2.24, 2.45) is 5.92 Å². The smallest absolute Gasteiger partial charge is 0.314 e. The summed E-state index contributed by atoms with van der Waals surface area (Å²) in [5, 5.41) is 0. The first-order valence-electron chi connectivity index (χ1n) is 11.4. The predicted octanol–water partition coefficient (Wildman–Crippen LogP) is 8.08. The van der Waals surface area contributed by atoms with E-state index in [0.717, 1.165) is 23.5 Å².